The fourth-order valence-corrected chi connectivity index (χ4v) is 2.70. The number of nitrogens with zero attached hydrogens (tertiary/aromatic N) is 3. The normalized spacial score (nSPS) is 21.0. The van der Waals surface area contributed by atoms with Crippen molar-refractivity contribution in [2.45, 2.75) is 26.1 Å². The molecule has 6 heteroatoms. The lowest BCUT2D eigenvalue weighted by molar-refractivity contribution is -0.00551. The number of hydrogen-bond acceptors (Lipinski definition) is 5. The summed E-state index contributed by atoms with van der Waals surface area (Å²) < 4.78 is 5.71. The van der Waals surface area contributed by atoms with Gasteiger partial charge in [0.25, 0.3) is 5.91 Å². The van der Waals surface area contributed by atoms with Gasteiger partial charge in [-0.05, 0) is 38.1 Å². The van der Waals surface area contributed by atoms with Gasteiger partial charge >= 0.3 is 0 Å². The molecule has 1 N–H and O–H groups in total. The minimum atomic E-state index is -0.265. The lowest BCUT2D eigenvalue weighted by Crippen LogP contribution is -2.45. The standard InChI is InChI=1S/C17H20N4O2/c1-12-10-21(11-13(2)23-12)16-9-8-15(19-20-16)17(22)18-14-6-4-3-5-7-14/h3-9,12-13H,10-11H2,1-2H3,(H,18,22). The number of ether oxygens (including phenoxy) is 1. The van der Waals surface area contributed by atoms with E-state index in [9.17, 15) is 4.79 Å². The molecule has 0 radical (unpaired) electrons. The molecule has 1 aromatic heterocycles. The van der Waals surface area contributed by atoms with E-state index in [2.05, 4.69) is 20.4 Å². The van der Waals surface area contributed by atoms with Gasteiger partial charge in [0.15, 0.2) is 11.5 Å². The summed E-state index contributed by atoms with van der Waals surface area (Å²) in [6, 6.07) is 12.8. The first-order valence-corrected chi connectivity index (χ1v) is 7.72. The largest absolute Gasteiger partial charge is 0.372 e. The zero-order valence-electron chi connectivity index (χ0n) is 13.3. The Balaban J connectivity index is 1.68. The Morgan fingerprint density at radius 2 is 1.78 bits per heavy atom. The van der Waals surface area contributed by atoms with E-state index in [1.165, 1.54) is 0 Å². The summed E-state index contributed by atoms with van der Waals surface area (Å²) in [5, 5.41) is 11.0. The number of aromatic nitrogens is 2. The van der Waals surface area contributed by atoms with Gasteiger partial charge in [0.1, 0.15) is 0 Å². The lowest BCUT2D eigenvalue weighted by Gasteiger charge is -2.35. The lowest BCUT2D eigenvalue weighted by atomic mass is 10.2. The van der Waals surface area contributed by atoms with Crippen molar-refractivity contribution >= 4 is 17.4 Å². The summed E-state index contributed by atoms with van der Waals surface area (Å²) in [6.07, 6.45) is 0.309. The maximum Gasteiger partial charge on any atom is 0.276 e. The van der Waals surface area contributed by atoms with Gasteiger partial charge in [0.2, 0.25) is 0 Å². The Morgan fingerprint density at radius 1 is 1.09 bits per heavy atom. The summed E-state index contributed by atoms with van der Waals surface area (Å²) in [5.41, 5.74) is 1.03. The number of morpholine rings is 1. The van der Waals surface area contributed by atoms with Gasteiger partial charge in [0, 0.05) is 18.8 Å². The summed E-state index contributed by atoms with van der Waals surface area (Å²) in [6.45, 7) is 5.62. The van der Waals surface area contributed by atoms with Crippen LogP contribution in [0.15, 0.2) is 42.5 Å². The molecule has 2 unspecified atom stereocenters. The number of carbonyl (C=O) groups excluding carboxylic acids is 1. The number of nitrogens with one attached hydrogen (secondary N) is 1. The van der Waals surface area contributed by atoms with Crippen molar-refractivity contribution in [1.82, 2.24) is 10.2 Å². The molecular formula is C17H20N4O2. The average molecular weight is 312 g/mol. The smallest absolute Gasteiger partial charge is 0.276 e. The Kier molecular flexibility index (Phi) is 4.52. The number of rotatable bonds is 3. The summed E-state index contributed by atoms with van der Waals surface area (Å²) in [4.78, 5) is 14.3. The first-order valence-electron chi connectivity index (χ1n) is 7.72. The second-order valence-electron chi connectivity index (χ2n) is 5.76. The molecule has 1 aliphatic rings. The maximum absolute atomic E-state index is 12.2. The Morgan fingerprint density at radius 3 is 2.39 bits per heavy atom. The van der Waals surface area contributed by atoms with Gasteiger partial charge < -0.3 is 15.0 Å². The molecule has 2 atom stereocenters. The first-order chi connectivity index (χ1) is 11.1. The van der Waals surface area contributed by atoms with Crippen LogP contribution in [0.2, 0.25) is 0 Å². The van der Waals surface area contributed by atoms with Crippen LogP contribution >= 0.6 is 0 Å². The minimum Gasteiger partial charge on any atom is -0.372 e. The predicted molar refractivity (Wildman–Crippen MR) is 88.6 cm³/mol. The number of amides is 1. The van der Waals surface area contributed by atoms with Crippen molar-refractivity contribution in [3.63, 3.8) is 0 Å². The highest BCUT2D eigenvalue weighted by atomic mass is 16.5. The van der Waals surface area contributed by atoms with Gasteiger partial charge in [-0.25, -0.2) is 0 Å². The highest BCUT2D eigenvalue weighted by Gasteiger charge is 2.23. The average Bonchev–Trinajstić information content (AvgIpc) is 2.55. The number of hydrogen-bond donors (Lipinski definition) is 1. The van der Waals surface area contributed by atoms with Gasteiger partial charge in [-0.3, -0.25) is 4.79 Å². The van der Waals surface area contributed by atoms with Crippen molar-refractivity contribution < 1.29 is 9.53 Å². The topological polar surface area (TPSA) is 67.4 Å². The molecule has 1 amide bonds. The third-order valence-corrected chi connectivity index (χ3v) is 3.66. The molecule has 23 heavy (non-hydrogen) atoms. The van der Waals surface area contributed by atoms with Crippen LogP contribution in [0.25, 0.3) is 0 Å². The van der Waals surface area contributed by atoms with Gasteiger partial charge in [-0.15, -0.1) is 10.2 Å². The van der Waals surface area contributed by atoms with Crippen molar-refractivity contribution in [2.75, 3.05) is 23.3 Å². The molecule has 0 saturated carbocycles. The van der Waals surface area contributed by atoms with E-state index in [4.69, 9.17) is 4.74 Å². The molecule has 1 fully saturated rings. The van der Waals surface area contributed by atoms with E-state index in [1.54, 1.807) is 6.07 Å². The fourth-order valence-electron chi connectivity index (χ4n) is 2.70. The summed E-state index contributed by atoms with van der Waals surface area (Å²) in [5.74, 6) is 0.502. The number of para-hydroxylation sites is 1. The van der Waals surface area contributed by atoms with E-state index < -0.39 is 0 Å². The highest BCUT2D eigenvalue weighted by molar-refractivity contribution is 6.02. The van der Waals surface area contributed by atoms with Crippen molar-refractivity contribution in [2.24, 2.45) is 0 Å². The van der Waals surface area contributed by atoms with Crippen LogP contribution in [-0.4, -0.2) is 41.4 Å². The molecule has 2 aromatic rings. The molecule has 0 bridgehead atoms. The molecule has 3 rings (SSSR count). The minimum absolute atomic E-state index is 0.154. The van der Waals surface area contributed by atoms with E-state index >= 15 is 0 Å². The number of carbonyl (C=O) groups is 1. The third kappa shape index (κ3) is 3.84. The molecule has 120 valence electrons. The number of anilines is 2. The molecule has 1 saturated heterocycles. The van der Waals surface area contributed by atoms with Crippen molar-refractivity contribution in [1.29, 1.82) is 0 Å². The molecule has 6 nitrogen and oxygen atoms in total. The molecule has 2 heterocycles. The van der Waals surface area contributed by atoms with E-state index in [1.807, 2.05) is 50.2 Å². The van der Waals surface area contributed by atoms with E-state index in [0.29, 0.717) is 5.69 Å². The Bertz CT molecular complexity index is 650. The Hall–Kier alpha value is -2.47. The predicted octanol–water partition coefficient (Wildman–Crippen LogP) is 2.34. The third-order valence-electron chi connectivity index (χ3n) is 3.66. The quantitative estimate of drug-likeness (QED) is 0.942. The van der Waals surface area contributed by atoms with Crippen LogP contribution in [0, 0.1) is 0 Å². The molecular weight excluding hydrogens is 292 g/mol. The van der Waals surface area contributed by atoms with Crippen LogP contribution in [0.4, 0.5) is 11.5 Å². The van der Waals surface area contributed by atoms with Gasteiger partial charge in [-0.1, -0.05) is 18.2 Å². The monoisotopic (exact) mass is 312 g/mol. The van der Waals surface area contributed by atoms with E-state index in [0.717, 1.165) is 24.6 Å². The van der Waals surface area contributed by atoms with Crippen LogP contribution in [-0.2, 0) is 4.74 Å². The molecule has 1 aromatic carbocycles. The second-order valence-corrected chi connectivity index (χ2v) is 5.76. The van der Waals surface area contributed by atoms with E-state index in [-0.39, 0.29) is 18.1 Å². The van der Waals surface area contributed by atoms with Gasteiger partial charge in [-0.2, -0.15) is 0 Å². The number of benzene rings is 1. The Labute approximate surface area is 135 Å². The molecule has 0 spiro atoms. The second kappa shape index (κ2) is 6.75. The molecule has 1 aliphatic heterocycles. The van der Waals surface area contributed by atoms with Gasteiger partial charge in [0.05, 0.1) is 12.2 Å². The highest BCUT2D eigenvalue weighted by Crippen LogP contribution is 2.17. The summed E-state index contributed by atoms with van der Waals surface area (Å²) in [7, 11) is 0. The fraction of sp³-hybridized carbons (Fsp3) is 0.353. The van der Waals surface area contributed by atoms with Crippen molar-refractivity contribution in [3.8, 4) is 0 Å². The summed E-state index contributed by atoms with van der Waals surface area (Å²) >= 11 is 0. The van der Waals surface area contributed by atoms with Crippen LogP contribution in [0.5, 0.6) is 0 Å². The van der Waals surface area contributed by atoms with Crippen LogP contribution in [0.1, 0.15) is 24.3 Å². The van der Waals surface area contributed by atoms with Crippen LogP contribution in [0.3, 0.4) is 0 Å². The van der Waals surface area contributed by atoms with Crippen LogP contribution < -0.4 is 10.2 Å². The first kappa shape index (κ1) is 15.4. The zero-order valence-corrected chi connectivity index (χ0v) is 13.3. The molecule has 0 aliphatic carbocycles. The zero-order chi connectivity index (χ0) is 16.2. The van der Waals surface area contributed by atoms with Crippen molar-refractivity contribution in [3.05, 3.63) is 48.2 Å². The maximum atomic E-state index is 12.2. The SMILES string of the molecule is CC1CN(c2ccc(C(=O)Nc3ccccc3)nn2)CC(C)O1.